The first kappa shape index (κ1) is 18.6. The minimum absolute atomic E-state index is 0.0336. The van der Waals surface area contributed by atoms with E-state index in [0.717, 1.165) is 12.5 Å². The summed E-state index contributed by atoms with van der Waals surface area (Å²) in [6.45, 7) is 6.67. The Kier molecular flexibility index (Phi) is 5.80. The van der Waals surface area contributed by atoms with Crippen LogP contribution >= 0.6 is 0 Å². The zero-order chi connectivity index (χ0) is 17.9. The highest BCUT2D eigenvalue weighted by Crippen LogP contribution is 2.25. The van der Waals surface area contributed by atoms with Crippen molar-refractivity contribution in [1.82, 2.24) is 10.2 Å². The molecule has 1 amide bonds. The molecule has 0 saturated carbocycles. The molecular formula is C18H26F2N2O2. The Morgan fingerprint density at radius 2 is 2.12 bits per heavy atom. The second kappa shape index (κ2) is 7.47. The number of likely N-dealkylation sites (N-methyl/N-ethyl adjacent to an activating group) is 1. The second-order valence-corrected chi connectivity index (χ2v) is 7.29. The minimum Gasteiger partial charge on any atom is -0.444 e. The Morgan fingerprint density at radius 1 is 1.42 bits per heavy atom. The number of halogens is 2. The SMILES string of the molecule is CNC(Cc1cccc(F)c1F)C1CCN(C(=O)OC(C)(C)C)C1. The van der Waals surface area contributed by atoms with Crippen molar-refractivity contribution < 1.29 is 18.3 Å². The van der Waals surface area contributed by atoms with Crippen LogP contribution in [0.2, 0.25) is 0 Å². The van der Waals surface area contributed by atoms with E-state index in [4.69, 9.17) is 4.74 Å². The molecule has 2 rings (SSSR count). The first-order chi connectivity index (χ1) is 11.2. The maximum Gasteiger partial charge on any atom is 0.410 e. The molecule has 0 spiro atoms. The fourth-order valence-corrected chi connectivity index (χ4v) is 3.06. The summed E-state index contributed by atoms with van der Waals surface area (Å²) in [6.07, 6.45) is 0.867. The lowest BCUT2D eigenvalue weighted by molar-refractivity contribution is 0.0285. The summed E-state index contributed by atoms with van der Waals surface area (Å²) in [6, 6.07) is 4.20. The fourth-order valence-electron chi connectivity index (χ4n) is 3.06. The van der Waals surface area contributed by atoms with E-state index in [2.05, 4.69) is 5.32 Å². The van der Waals surface area contributed by atoms with Gasteiger partial charge in [0.15, 0.2) is 11.6 Å². The molecule has 0 aromatic heterocycles. The first-order valence-corrected chi connectivity index (χ1v) is 8.29. The van der Waals surface area contributed by atoms with Gasteiger partial charge < -0.3 is 15.0 Å². The van der Waals surface area contributed by atoms with Crippen LogP contribution in [0.3, 0.4) is 0 Å². The van der Waals surface area contributed by atoms with E-state index >= 15 is 0 Å². The average molecular weight is 340 g/mol. The topological polar surface area (TPSA) is 41.6 Å². The molecule has 134 valence electrons. The number of nitrogens with one attached hydrogen (secondary N) is 1. The van der Waals surface area contributed by atoms with Gasteiger partial charge >= 0.3 is 6.09 Å². The summed E-state index contributed by atoms with van der Waals surface area (Å²) >= 11 is 0. The largest absolute Gasteiger partial charge is 0.444 e. The Bertz CT molecular complexity index is 587. The molecule has 2 atom stereocenters. The van der Waals surface area contributed by atoms with Gasteiger partial charge in [-0.25, -0.2) is 13.6 Å². The minimum atomic E-state index is -0.829. The molecule has 1 fully saturated rings. The molecule has 0 bridgehead atoms. The molecule has 1 aromatic carbocycles. The third-order valence-corrected chi connectivity index (χ3v) is 4.29. The summed E-state index contributed by atoms with van der Waals surface area (Å²) in [5.41, 5.74) is -0.174. The molecule has 1 saturated heterocycles. The summed E-state index contributed by atoms with van der Waals surface area (Å²) in [5, 5.41) is 3.18. The Morgan fingerprint density at radius 3 is 2.75 bits per heavy atom. The van der Waals surface area contributed by atoms with Crippen LogP contribution in [-0.4, -0.2) is 42.8 Å². The van der Waals surface area contributed by atoms with E-state index < -0.39 is 17.2 Å². The van der Waals surface area contributed by atoms with Gasteiger partial charge in [0, 0.05) is 19.1 Å². The molecule has 1 N–H and O–H groups in total. The van der Waals surface area contributed by atoms with Gasteiger partial charge in [-0.15, -0.1) is 0 Å². The standard InChI is InChI=1S/C18H26F2N2O2/c1-18(2,3)24-17(23)22-9-8-13(11-22)15(21-4)10-12-6-5-7-14(19)16(12)20/h5-7,13,15,21H,8-11H2,1-4H3. The molecule has 0 aliphatic carbocycles. The molecule has 0 radical (unpaired) electrons. The quantitative estimate of drug-likeness (QED) is 0.914. The van der Waals surface area contributed by atoms with Crippen LogP contribution in [-0.2, 0) is 11.2 Å². The average Bonchev–Trinajstić information content (AvgIpc) is 2.97. The molecule has 1 aliphatic rings. The predicted octanol–water partition coefficient (Wildman–Crippen LogP) is 3.35. The molecule has 1 heterocycles. The van der Waals surface area contributed by atoms with Gasteiger partial charge in [0.1, 0.15) is 5.60 Å². The van der Waals surface area contributed by atoms with E-state index in [1.165, 1.54) is 6.07 Å². The molecule has 24 heavy (non-hydrogen) atoms. The number of ether oxygens (including phenoxy) is 1. The van der Waals surface area contributed by atoms with E-state index in [0.29, 0.717) is 25.1 Å². The number of carbonyl (C=O) groups is 1. The van der Waals surface area contributed by atoms with Crippen molar-refractivity contribution in [3.05, 3.63) is 35.4 Å². The zero-order valence-electron chi connectivity index (χ0n) is 14.7. The van der Waals surface area contributed by atoms with Gasteiger partial charge in [0.2, 0.25) is 0 Å². The molecule has 1 aromatic rings. The van der Waals surface area contributed by atoms with Crippen molar-refractivity contribution in [3.63, 3.8) is 0 Å². The van der Waals surface area contributed by atoms with Crippen LogP contribution in [0.25, 0.3) is 0 Å². The van der Waals surface area contributed by atoms with Crippen LogP contribution in [0.1, 0.15) is 32.8 Å². The maximum absolute atomic E-state index is 13.9. The van der Waals surface area contributed by atoms with Crippen LogP contribution in [0.4, 0.5) is 13.6 Å². The summed E-state index contributed by atoms with van der Waals surface area (Å²) in [4.78, 5) is 13.8. The van der Waals surface area contributed by atoms with Crippen molar-refractivity contribution in [2.45, 2.75) is 45.3 Å². The third-order valence-electron chi connectivity index (χ3n) is 4.29. The summed E-state index contributed by atoms with van der Waals surface area (Å²) in [5.74, 6) is -1.45. The lowest BCUT2D eigenvalue weighted by Crippen LogP contribution is -2.40. The number of hydrogen-bond acceptors (Lipinski definition) is 3. The number of likely N-dealkylation sites (tertiary alicyclic amines) is 1. The highest BCUT2D eigenvalue weighted by atomic mass is 19.2. The van der Waals surface area contributed by atoms with Gasteiger partial charge in [-0.2, -0.15) is 0 Å². The number of amides is 1. The Labute approximate surface area is 142 Å². The van der Waals surface area contributed by atoms with Crippen LogP contribution in [0, 0.1) is 17.6 Å². The molecular weight excluding hydrogens is 314 g/mol. The van der Waals surface area contributed by atoms with Crippen LogP contribution < -0.4 is 5.32 Å². The number of nitrogens with zero attached hydrogens (tertiary/aromatic N) is 1. The van der Waals surface area contributed by atoms with Gasteiger partial charge in [-0.1, -0.05) is 12.1 Å². The predicted molar refractivity (Wildman–Crippen MR) is 88.8 cm³/mol. The van der Waals surface area contributed by atoms with Crippen LogP contribution in [0.15, 0.2) is 18.2 Å². The van der Waals surface area contributed by atoms with Crippen molar-refractivity contribution in [1.29, 1.82) is 0 Å². The fraction of sp³-hybridized carbons (Fsp3) is 0.611. The third kappa shape index (κ3) is 4.66. The highest BCUT2D eigenvalue weighted by molar-refractivity contribution is 5.68. The molecule has 6 heteroatoms. The van der Waals surface area contributed by atoms with Crippen molar-refractivity contribution >= 4 is 6.09 Å². The van der Waals surface area contributed by atoms with Gasteiger partial charge in [-0.05, 0) is 58.2 Å². The maximum atomic E-state index is 13.9. The second-order valence-electron chi connectivity index (χ2n) is 7.29. The number of benzene rings is 1. The smallest absolute Gasteiger partial charge is 0.410 e. The van der Waals surface area contributed by atoms with E-state index in [9.17, 15) is 13.6 Å². The highest BCUT2D eigenvalue weighted by Gasteiger charge is 2.33. The lowest BCUT2D eigenvalue weighted by Gasteiger charge is -2.26. The molecule has 1 aliphatic heterocycles. The van der Waals surface area contributed by atoms with Gasteiger partial charge in [0.05, 0.1) is 0 Å². The zero-order valence-corrected chi connectivity index (χ0v) is 14.7. The Hall–Kier alpha value is -1.69. The van der Waals surface area contributed by atoms with Crippen molar-refractivity contribution in [3.8, 4) is 0 Å². The number of carbonyl (C=O) groups excluding carboxylic acids is 1. The van der Waals surface area contributed by atoms with Crippen LogP contribution in [0.5, 0.6) is 0 Å². The van der Waals surface area contributed by atoms with Gasteiger partial charge in [0.25, 0.3) is 0 Å². The summed E-state index contributed by atoms with van der Waals surface area (Å²) in [7, 11) is 1.80. The lowest BCUT2D eigenvalue weighted by atomic mass is 9.92. The number of hydrogen-bond donors (Lipinski definition) is 1. The van der Waals surface area contributed by atoms with Crippen molar-refractivity contribution in [2.75, 3.05) is 20.1 Å². The van der Waals surface area contributed by atoms with E-state index in [1.54, 1.807) is 18.0 Å². The molecule has 2 unspecified atom stereocenters. The van der Waals surface area contributed by atoms with Gasteiger partial charge in [-0.3, -0.25) is 0 Å². The van der Waals surface area contributed by atoms with E-state index in [-0.39, 0.29) is 18.1 Å². The summed E-state index contributed by atoms with van der Waals surface area (Å²) < 4.78 is 32.7. The first-order valence-electron chi connectivity index (χ1n) is 8.29. The number of rotatable bonds is 4. The monoisotopic (exact) mass is 340 g/mol. The van der Waals surface area contributed by atoms with E-state index in [1.807, 2.05) is 20.8 Å². The van der Waals surface area contributed by atoms with Crippen molar-refractivity contribution in [2.24, 2.45) is 5.92 Å². The Balaban J connectivity index is 2.00. The molecule has 4 nitrogen and oxygen atoms in total. The normalized spacial score (nSPS) is 19.4.